The Morgan fingerprint density at radius 2 is 1.59 bits per heavy atom. The highest BCUT2D eigenvalue weighted by Crippen LogP contribution is 2.48. The molecule has 0 saturated carbocycles. The number of amides is 1. The third-order valence-corrected chi connectivity index (χ3v) is 6.63. The number of likely N-dealkylation sites (tertiary alicyclic amines) is 1. The van der Waals surface area contributed by atoms with Gasteiger partial charge in [0.1, 0.15) is 17.5 Å². The lowest BCUT2D eigenvalue weighted by Gasteiger charge is -2.31. The van der Waals surface area contributed by atoms with Gasteiger partial charge in [-0.1, -0.05) is 60.7 Å². The Morgan fingerprint density at radius 3 is 2.31 bits per heavy atom. The summed E-state index contributed by atoms with van der Waals surface area (Å²) in [5.74, 6) is 1.10. The van der Waals surface area contributed by atoms with E-state index in [0.29, 0.717) is 6.54 Å². The maximum atomic E-state index is 13.5. The van der Waals surface area contributed by atoms with Crippen molar-refractivity contribution < 1.29 is 14.6 Å². The van der Waals surface area contributed by atoms with Crippen molar-refractivity contribution in [2.24, 2.45) is 5.92 Å². The normalized spacial score (nSPS) is 24.5. The van der Waals surface area contributed by atoms with Crippen LogP contribution in [0.1, 0.15) is 28.8 Å². The highest BCUT2D eigenvalue weighted by atomic mass is 16.5. The number of fused-ring (bicyclic) bond motifs is 1. The van der Waals surface area contributed by atoms with Crippen LogP contribution in [0.2, 0.25) is 0 Å². The Morgan fingerprint density at radius 1 is 0.906 bits per heavy atom. The Bertz CT molecular complexity index is 1090. The number of rotatable bonds is 6. The lowest BCUT2D eigenvalue weighted by Crippen LogP contribution is -2.42. The molecule has 3 aromatic carbocycles. The lowest BCUT2D eigenvalue weighted by molar-refractivity contribution is -0.130. The molecule has 0 radical (unpaired) electrons. The van der Waals surface area contributed by atoms with Crippen molar-refractivity contribution in [2.75, 3.05) is 13.7 Å². The molecule has 0 aromatic heterocycles. The van der Waals surface area contributed by atoms with Crippen molar-refractivity contribution in [1.29, 1.82) is 0 Å². The van der Waals surface area contributed by atoms with Gasteiger partial charge in [0, 0.05) is 18.0 Å². The number of methoxy groups -OCH3 is 1. The smallest absolute Gasteiger partial charge is 0.242 e. The molecule has 2 saturated heterocycles. The summed E-state index contributed by atoms with van der Waals surface area (Å²) >= 11 is 0. The monoisotopic (exact) mass is 429 g/mol. The number of carbonyl (C=O) groups is 1. The van der Waals surface area contributed by atoms with Gasteiger partial charge < -0.3 is 14.7 Å². The number of hydrazine groups is 1. The van der Waals surface area contributed by atoms with Gasteiger partial charge in [-0.15, -0.1) is 0 Å². The number of benzene rings is 3. The zero-order valence-electron chi connectivity index (χ0n) is 17.9. The molecule has 3 N–H and O–H groups in total. The summed E-state index contributed by atoms with van der Waals surface area (Å²) in [6, 6.07) is 24.9. The van der Waals surface area contributed by atoms with Crippen LogP contribution in [0.5, 0.6) is 11.5 Å². The van der Waals surface area contributed by atoms with Crippen molar-refractivity contribution in [3.63, 3.8) is 0 Å². The van der Waals surface area contributed by atoms with Gasteiger partial charge in [-0.05, 0) is 35.7 Å². The van der Waals surface area contributed by atoms with Crippen LogP contribution in [0.25, 0.3) is 0 Å². The molecule has 2 aliphatic heterocycles. The first kappa shape index (κ1) is 20.5. The van der Waals surface area contributed by atoms with Gasteiger partial charge in [0.25, 0.3) is 0 Å². The highest BCUT2D eigenvalue weighted by Gasteiger charge is 2.55. The van der Waals surface area contributed by atoms with E-state index in [1.165, 1.54) is 0 Å². The summed E-state index contributed by atoms with van der Waals surface area (Å²) in [6.07, 6.45) is 0.757. The maximum Gasteiger partial charge on any atom is 0.242 e. The molecule has 6 heteroatoms. The number of para-hydroxylation sites is 1. The number of nitrogens with zero attached hydrogens (tertiary/aromatic N) is 1. The van der Waals surface area contributed by atoms with E-state index in [-0.39, 0.29) is 35.7 Å². The van der Waals surface area contributed by atoms with E-state index in [4.69, 9.17) is 4.74 Å². The van der Waals surface area contributed by atoms with Crippen LogP contribution < -0.4 is 15.6 Å². The Kier molecular flexibility index (Phi) is 5.55. The van der Waals surface area contributed by atoms with Gasteiger partial charge in [-0.2, -0.15) is 0 Å². The van der Waals surface area contributed by atoms with Crippen LogP contribution in [-0.4, -0.2) is 35.6 Å². The van der Waals surface area contributed by atoms with E-state index in [1.54, 1.807) is 13.2 Å². The number of aromatic hydroxyl groups is 1. The van der Waals surface area contributed by atoms with Gasteiger partial charge in [-0.3, -0.25) is 4.79 Å². The second-order valence-electron chi connectivity index (χ2n) is 8.37. The molecule has 2 heterocycles. The number of hydrogen-bond donors (Lipinski definition) is 3. The number of phenolic OH excluding ortho intramolecular Hbond substituents is 1. The van der Waals surface area contributed by atoms with E-state index in [0.717, 1.165) is 28.9 Å². The van der Waals surface area contributed by atoms with Crippen LogP contribution in [0.4, 0.5) is 0 Å². The summed E-state index contributed by atoms with van der Waals surface area (Å²) in [7, 11) is 1.66. The summed E-state index contributed by atoms with van der Waals surface area (Å²) in [5.41, 5.74) is 9.57. The van der Waals surface area contributed by atoms with E-state index >= 15 is 0 Å². The SMILES string of the molecule is COc1ccc(CCN2C(=O)C3NNC(c4ccccc4O)C3C2c2ccccc2)cc1. The topological polar surface area (TPSA) is 73.8 Å². The average molecular weight is 430 g/mol. The molecule has 2 fully saturated rings. The van der Waals surface area contributed by atoms with Gasteiger partial charge >= 0.3 is 0 Å². The molecular weight excluding hydrogens is 402 g/mol. The Balaban J connectivity index is 1.46. The molecule has 0 bridgehead atoms. The van der Waals surface area contributed by atoms with E-state index in [2.05, 4.69) is 23.0 Å². The molecule has 164 valence electrons. The number of phenols is 1. The predicted molar refractivity (Wildman–Crippen MR) is 122 cm³/mol. The summed E-state index contributed by atoms with van der Waals surface area (Å²) < 4.78 is 5.25. The van der Waals surface area contributed by atoms with E-state index in [1.807, 2.05) is 65.6 Å². The summed E-state index contributed by atoms with van der Waals surface area (Å²) in [5, 5.41) is 10.5. The van der Waals surface area contributed by atoms with Crippen LogP contribution in [0.3, 0.4) is 0 Å². The van der Waals surface area contributed by atoms with Gasteiger partial charge in [0.05, 0.1) is 19.2 Å². The minimum atomic E-state index is -0.347. The minimum Gasteiger partial charge on any atom is -0.508 e. The van der Waals surface area contributed by atoms with E-state index in [9.17, 15) is 9.90 Å². The molecule has 0 spiro atoms. The summed E-state index contributed by atoms with van der Waals surface area (Å²) in [4.78, 5) is 15.5. The molecule has 6 nitrogen and oxygen atoms in total. The Labute approximate surface area is 187 Å². The molecule has 4 unspecified atom stereocenters. The molecular formula is C26H27N3O3. The van der Waals surface area contributed by atoms with Crippen molar-refractivity contribution in [1.82, 2.24) is 15.8 Å². The van der Waals surface area contributed by atoms with Gasteiger partial charge in [-0.25, -0.2) is 10.9 Å². The number of carbonyl (C=O) groups excluding carboxylic acids is 1. The van der Waals surface area contributed by atoms with E-state index < -0.39 is 0 Å². The summed E-state index contributed by atoms with van der Waals surface area (Å²) in [6.45, 7) is 0.618. The molecule has 0 aliphatic carbocycles. The first-order chi connectivity index (χ1) is 15.7. The molecule has 32 heavy (non-hydrogen) atoms. The van der Waals surface area contributed by atoms with Crippen LogP contribution in [0.15, 0.2) is 78.9 Å². The van der Waals surface area contributed by atoms with Crippen molar-refractivity contribution in [3.8, 4) is 11.5 Å². The predicted octanol–water partition coefficient (Wildman–Crippen LogP) is 3.36. The fourth-order valence-corrected chi connectivity index (χ4v) is 5.06. The molecule has 4 atom stereocenters. The quantitative estimate of drug-likeness (QED) is 0.560. The van der Waals surface area contributed by atoms with Crippen molar-refractivity contribution in [2.45, 2.75) is 24.5 Å². The molecule has 1 amide bonds. The first-order valence-electron chi connectivity index (χ1n) is 10.9. The standard InChI is InChI=1S/C26H27N3O3/c1-32-19-13-11-17(12-14-19)15-16-29-25(18-7-3-2-4-8-18)22-23(27-28-24(22)26(29)31)20-9-5-6-10-21(20)30/h2-14,22-25,27-28,30H,15-16H2,1H3. The minimum absolute atomic E-state index is 0.0472. The Hall–Kier alpha value is -3.35. The van der Waals surface area contributed by atoms with Gasteiger partial charge in [0.15, 0.2) is 0 Å². The zero-order chi connectivity index (χ0) is 22.1. The van der Waals surface area contributed by atoms with Crippen LogP contribution in [0, 0.1) is 5.92 Å². The van der Waals surface area contributed by atoms with Crippen LogP contribution >= 0.6 is 0 Å². The van der Waals surface area contributed by atoms with Crippen LogP contribution in [-0.2, 0) is 11.2 Å². The lowest BCUT2D eigenvalue weighted by atomic mass is 9.83. The highest BCUT2D eigenvalue weighted by molar-refractivity contribution is 5.86. The molecule has 5 rings (SSSR count). The number of nitrogens with one attached hydrogen (secondary N) is 2. The maximum absolute atomic E-state index is 13.5. The number of hydrogen-bond acceptors (Lipinski definition) is 5. The molecule has 2 aliphatic rings. The third kappa shape index (κ3) is 3.61. The largest absolute Gasteiger partial charge is 0.508 e. The fraction of sp³-hybridized carbons (Fsp3) is 0.269. The van der Waals surface area contributed by atoms with Crippen molar-refractivity contribution in [3.05, 3.63) is 95.6 Å². The molecule has 3 aromatic rings. The third-order valence-electron chi connectivity index (χ3n) is 6.63. The fourth-order valence-electron chi connectivity index (χ4n) is 5.06. The van der Waals surface area contributed by atoms with Crippen molar-refractivity contribution >= 4 is 5.91 Å². The second-order valence-corrected chi connectivity index (χ2v) is 8.37. The van der Waals surface area contributed by atoms with Gasteiger partial charge in [0.2, 0.25) is 5.91 Å². The zero-order valence-corrected chi connectivity index (χ0v) is 17.9. The average Bonchev–Trinajstić information content (AvgIpc) is 3.37. The second kappa shape index (κ2) is 8.65. The number of ether oxygens (including phenoxy) is 1. The first-order valence-corrected chi connectivity index (χ1v) is 10.9.